The lowest BCUT2D eigenvalue weighted by molar-refractivity contribution is 0.0526. The van der Waals surface area contributed by atoms with E-state index in [1.165, 1.54) is 0 Å². The smallest absolute Gasteiger partial charge is 0.338 e. The third-order valence-corrected chi connectivity index (χ3v) is 3.48. The number of benzene rings is 1. The zero-order valence-corrected chi connectivity index (χ0v) is 11.2. The average molecular weight is 266 g/mol. The van der Waals surface area contributed by atoms with E-state index < -0.39 is 0 Å². The Morgan fingerprint density at radius 1 is 1.45 bits per heavy atom. The first kappa shape index (κ1) is 12.6. The Balaban J connectivity index is 2.09. The molecule has 0 aliphatic heterocycles. The molecule has 1 fully saturated rings. The highest BCUT2D eigenvalue weighted by Crippen LogP contribution is 2.42. The molecule has 0 saturated heterocycles. The van der Waals surface area contributed by atoms with Crippen molar-refractivity contribution in [2.45, 2.75) is 25.7 Å². The van der Waals surface area contributed by atoms with Gasteiger partial charge in [0.2, 0.25) is 0 Å². The first-order valence-electron chi connectivity index (χ1n) is 6.75. The zero-order chi connectivity index (χ0) is 14.1. The van der Waals surface area contributed by atoms with Gasteiger partial charge in [-0.2, -0.15) is 5.26 Å². The SMILES string of the molecule is CCOC(=O)c1ccc2nc(C#N)c(C3CC3)cc2c1. The molecular formula is C16H14N2O2. The minimum Gasteiger partial charge on any atom is -0.462 e. The molecule has 20 heavy (non-hydrogen) atoms. The number of aromatic nitrogens is 1. The third-order valence-electron chi connectivity index (χ3n) is 3.48. The number of ether oxygens (including phenoxy) is 1. The molecule has 1 aliphatic rings. The summed E-state index contributed by atoms with van der Waals surface area (Å²) in [5, 5.41) is 10.1. The average Bonchev–Trinajstić information content (AvgIpc) is 3.30. The van der Waals surface area contributed by atoms with Crippen LogP contribution in [0.15, 0.2) is 24.3 Å². The standard InChI is InChI=1S/C16H14N2O2/c1-2-20-16(19)11-5-6-14-12(7-11)8-13(10-3-4-10)15(9-17)18-14/h5-8,10H,2-4H2,1H3. The maximum absolute atomic E-state index is 11.7. The molecule has 0 bridgehead atoms. The van der Waals surface area contributed by atoms with Crippen molar-refractivity contribution >= 4 is 16.9 Å². The van der Waals surface area contributed by atoms with Crippen LogP contribution in [0.4, 0.5) is 0 Å². The summed E-state index contributed by atoms with van der Waals surface area (Å²) in [6, 6.07) is 9.39. The van der Waals surface area contributed by atoms with Gasteiger partial charge in [-0.1, -0.05) is 0 Å². The number of carbonyl (C=O) groups excluding carboxylic acids is 1. The van der Waals surface area contributed by atoms with Crippen molar-refractivity contribution in [3.63, 3.8) is 0 Å². The molecule has 1 aromatic carbocycles. The van der Waals surface area contributed by atoms with Crippen molar-refractivity contribution in [2.24, 2.45) is 0 Å². The molecular weight excluding hydrogens is 252 g/mol. The van der Waals surface area contributed by atoms with Gasteiger partial charge < -0.3 is 4.74 Å². The van der Waals surface area contributed by atoms with Crippen molar-refractivity contribution in [1.82, 2.24) is 4.98 Å². The van der Waals surface area contributed by atoms with Crippen molar-refractivity contribution in [3.8, 4) is 6.07 Å². The first-order chi connectivity index (χ1) is 9.72. The van der Waals surface area contributed by atoms with E-state index in [4.69, 9.17) is 4.74 Å². The molecule has 1 heterocycles. The third kappa shape index (κ3) is 2.23. The van der Waals surface area contributed by atoms with Gasteiger partial charge in [-0.25, -0.2) is 9.78 Å². The minimum atomic E-state index is -0.327. The van der Waals surface area contributed by atoms with Crippen LogP contribution in [0.2, 0.25) is 0 Å². The van der Waals surface area contributed by atoms with E-state index in [1.807, 2.05) is 6.07 Å². The Labute approximate surface area is 117 Å². The van der Waals surface area contributed by atoms with Gasteiger partial charge in [-0.15, -0.1) is 0 Å². The van der Waals surface area contributed by atoms with Gasteiger partial charge in [-0.05, 0) is 55.5 Å². The van der Waals surface area contributed by atoms with Gasteiger partial charge in [0.15, 0.2) is 0 Å². The van der Waals surface area contributed by atoms with Crippen molar-refractivity contribution < 1.29 is 9.53 Å². The molecule has 1 saturated carbocycles. The summed E-state index contributed by atoms with van der Waals surface area (Å²) in [6.07, 6.45) is 2.22. The van der Waals surface area contributed by atoms with Crippen LogP contribution in [0.1, 0.15) is 47.3 Å². The molecule has 0 amide bonds. The second-order valence-electron chi connectivity index (χ2n) is 4.94. The summed E-state index contributed by atoms with van der Waals surface area (Å²) in [5.41, 5.74) is 2.76. The quantitative estimate of drug-likeness (QED) is 0.800. The predicted molar refractivity (Wildman–Crippen MR) is 74.4 cm³/mol. The lowest BCUT2D eigenvalue weighted by Gasteiger charge is -2.06. The molecule has 100 valence electrons. The molecule has 1 aliphatic carbocycles. The Morgan fingerprint density at radius 3 is 2.90 bits per heavy atom. The number of nitriles is 1. The summed E-state index contributed by atoms with van der Waals surface area (Å²) < 4.78 is 5.00. The van der Waals surface area contributed by atoms with E-state index >= 15 is 0 Å². The molecule has 2 aromatic rings. The molecule has 0 atom stereocenters. The summed E-state index contributed by atoms with van der Waals surface area (Å²) >= 11 is 0. The lowest BCUT2D eigenvalue weighted by Crippen LogP contribution is -2.04. The number of fused-ring (bicyclic) bond motifs is 1. The van der Waals surface area contributed by atoms with Crippen LogP contribution >= 0.6 is 0 Å². The first-order valence-corrected chi connectivity index (χ1v) is 6.75. The van der Waals surface area contributed by atoms with E-state index in [0.717, 1.165) is 29.3 Å². The van der Waals surface area contributed by atoms with E-state index in [0.29, 0.717) is 23.8 Å². The second-order valence-corrected chi connectivity index (χ2v) is 4.94. The fraction of sp³-hybridized carbons (Fsp3) is 0.312. The van der Waals surface area contributed by atoms with Crippen LogP contribution < -0.4 is 0 Å². The second kappa shape index (κ2) is 4.93. The molecule has 0 N–H and O–H groups in total. The normalized spacial score (nSPS) is 14.0. The van der Waals surface area contributed by atoms with Crippen LogP contribution in [-0.4, -0.2) is 17.6 Å². The molecule has 1 aromatic heterocycles. The monoisotopic (exact) mass is 266 g/mol. The summed E-state index contributed by atoms with van der Waals surface area (Å²) in [5.74, 6) is 0.125. The van der Waals surface area contributed by atoms with Gasteiger partial charge in [0.25, 0.3) is 0 Å². The number of esters is 1. The Hall–Kier alpha value is -2.41. The van der Waals surface area contributed by atoms with Crippen molar-refractivity contribution in [1.29, 1.82) is 5.26 Å². The van der Waals surface area contributed by atoms with Crippen LogP contribution in [0.25, 0.3) is 10.9 Å². The molecule has 0 radical (unpaired) electrons. The minimum absolute atomic E-state index is 0.327. The summed E-state index contributed by atoms with van der Waals surface area (Å²) in [7, 11) is 0. The predicted octanol–water partition coefficient (Wildman–Crippen LogP) is 3.16. The molecule has 4 heteroatoms. The number of pyridine rings is 1. The van der Waals surface area contributed by atoms with Crippen molar-refractivity contribution in [3.05, 3.63) is 41.1 Å². The summed E-state index contributed by atoms with van der Waals surface area (Å²) in [4.78, 5) is 16.1. The summed E-state index contributed by atoms with van der Waals surface area (Å²) in [6.45, 7) is 2.14. The van der Waals surface area contributed by atoms with Crippen molar-refractivity contribution in [2.75, 3.05) is 6.61 Å². The molecule has 4 nitrogen and oxygen atoms in total. The lowest BCUT2D eigenvalue weighted by atomic mass is 10.0. The zero-order valence-electron chi connectivity index (χ0n) is 11.2. The van der Waals surface area contributed by atoms with Crippen LogP contribution in [0.3, 0.4) is 0 Å². The fourth-order valence-electron chi connectivity index (χ4n) is 2.33. The van der Waals surface area contributed by atoms with Gasteiger partial charge in [0.1, 0.15) is 11.8 Å². The number of carbonyl (C=O) groups is 1. The van der Waals surface area contributed by atoms with Crippen LogP contribution in [-0.2, 0) is 4.74 Å². The maximum Gasteiger partial charge on any atom is 0.338 e. The maximum atomic E-state index is 11.7. The Kier molecular flexibility index (Phi) is 3.11. The van der Waals surface area contributed by atoms with E-state index in [9.17, 15) is 10.1 Å². The van der Waals surface area contributed by atoms with E-state index in [-0.39, 0.29) is 5.97 Å². The number of hydrogen-bond acceptors (Lipinski definition) is 4. The highest BCUT2D eigenvalue weighted by Gasteiger charge is 2.27. The Bertz CT molecular complexity index is 727. The molecule has 0 unspecified atom stereocenters. The van der Waals surface area contributed by atoms with Gasteiger partial charge in [-0.3, -0.25) is 0 Å². The van der Waals surface area contributed by atoms with Crippen LogP contribution in [0, 0.1) is 11.3 Å². The molecule has 0 spiro atoms. The van der Waals surface area contributed by atoms with E-state index in [2.05, 4.69) is 11.1 Å². The topological polar surface area (TPSA) is 63.0 Å². The Morgan fingerprint density at radius 2 is 2.25 bits per heavy atom. The van der Waals surface area contributed by atoms with Gasteiger partial charge in [0.05, 0.1) is 17.7 Å². The molecule has 3 rings (SSSR count). The fourth-order valence-corrected chi connectivity index (χ4v) is 2.33. The van der Waals surface area contributed by atoms with E-state index in [1.54, 1.807) is 25.1 Å². The number of nitrogens with zero attached hydrogens (tertiary/aromatic N) is 2. The van der Waals surface area contributed by atoms with Crippen LogP contribution in [0.5, 0.6) is 0 Å². The highest BCUT2D eigenvalue weighted by atomic mass is 16.5. The highest BCUT2D eigenvalue weighted by molar-refractivity contribution is 5.94. The largest absolute Gasteiger partial charge is 0.462 e. The van der Waals surface area contributed by atoms with Gasteiger partial charge in [0, 0.05) is 5.39 Å². The number of rotatable bonds is 3. The van der Waals surface area contributed by atoms with Gasteiger partial charge >= 0.3 is 5.97 Å². The number of hydrogen-bond donors (Lipinski definition) is 0.